The Kier molecular flexibility index (Phi) is 6.71. The van der Waals surface area contributed by atoms with E-state index in [9.17, 15) is 18.0 Å². The van der Waals surface area contributed by atoms with Crippen LogP contribution in [0.5, 0.6) is 0 Å². The molecule has 0 aliphatic heterocycles. The van der Waals surface area contributed by atoms with Crippen LogP contribution in [0.2, 0.25) is 0 Å². The monoisotopic (exact) mass is 437 g/mol. The summed E-state index contributed by atoms with van der Waals surface area (Å²) in [5.74, 6) is -0.707. The van der Waals surface area contributed by atoms with Crippen LogP contribution in [0.15, 0.2) is 78.9 Å². The van der Waals surface area contributed by atoms with Crippen LogP contribution in [-0.2, 0) is 14.8 Å². The maximum atomic E-state index is 12.8. The summed E-state index contributed by atoms with van der Waals surface area (Å²) < 4.78 is 25.7. The van der Waals surface area contributed by atoms with E-state index in [0.29, 0.717) is 16.9 Å². The molecule has 1 amide bonds. The molecular formula is C23H23N3O4S. The third kappa shape index (κ3) is 5.93. The van der Waals surface area contributed by atoms with Crippen LogP contribution < -0.4 is 14.9 Å². The molecule has 3 rings (SSSR count). The van der Waals surface area contributed by atoms with Gasteiger partial charge in [-0.3, -0.25) is 13.9 Å². The number of carbonyl (C=O) groups excluding carboxylic acids is 2. The van der Waals surface area contributed by atoms with Gasteiger partial charge in [-0.25, -0.2) is 8.42 Å². The fourth-order valence-electron chi connectivity index (χ4n) is 2.98. The quantitative estimate of drug-likeness (QED) is 0.519. The number of sulfonamides is 1. The highest BCUT2D eigenvalue weighted by atomic mass is 32.2. The summed E-state index contributed by atoms with van der Waals surface area (Å²) in [4.78, 5) is 24.4. The molecule has 3 aromatic carbocycles. The fraction of sp³-hybridized carbons (Fsp3) is 0.130. The van der Waals surface area contributed by atoms with Gasteiger partial charge in [0.25, 0.3) is 0 Å². The zero-order chi connectivity index (χ0) is 22.4. The van der Waals surface area contributed by atoms with Gasteiger partial charge in [-0.1, -0.05) is 42.5 Å². The number of carbonyl (C=O) groups is 2. The molecule has 0 saturated heterocycles. The van der Waals surface area contributed by atoms with Gasteiger partial charge in [0.1, 0.15) is 6.54 Å². The van der Waals surface area contributed by atoms with Crippen molar-refractivity contribution in [1.82, 2.24) is 0 Å². The number of ketones is 1. The minimum Gasteiger partial charge on any atom is -0.354 e. The van der Waals surface area contributed by atoms with E-state index < -0.39 is 22.5 Å². The van der Waals surface area contributed by atoms with E-state index in [1.165, 1.54) is 13.0 Å². The SMILES string of the molecule is CC(=O)c1cccc(N(CC(=O)Nc2ccccc2Nc2ccccc2)S(C)(=O)=O)c1. The van der Waals surface area contributed by atoms with E-state index in [2.05, 4.69) is 10.6 Å². The van der Waals surface area contributed by atoms with Gasteiger partial charge in [0.2, 0.25) is 15.9 Å². The molecule has 3 aromatic rings. The van der Waals surface area contributed by atoms with E-state index in [1.54, 1.807) is 30.3 Å². The van der Waals surface area contributed by atoms with Crippen molar-refractivity contribution in [1.29, 1.82) is 0 Å². The number of hydrogen-bond donors (Lipinski definition) is 2. The summed E-state index contributed by atoms with van der Waals surface area (Å²) in [5, 5.41) is 5.99. The third-order valence-corrected chi connectivity index (χ3v) is 5.62. The molecule has 2 N–H and O–H groups in total. The molecular weight excluding hydrogens is 414 g/mol. The maximum Gasteiger partial charge on any atom is 0.245 e. The standard InChI is InChI=1S/C23H23N3O4S/c1-17(27)18-9-8-12-20(15-18)26(31(2,29)30)16-23(28)25-22-14-7-6-13-21(22)24-19-10-4-3-5-11-19/h3-15,24H,16H2,1-2H3,(H,25,28). The van der Waals surface area contributed by atoms with Crippen LogP contribution in [0.1, 0.15) is 17.3 Å². The summed E-state index contributed by atoms with van der Waals surface area (Å²) in [6.07, 6.45) is 1.02. The molecule has 0 fully saturated rings. The Morgan fingerprint density at radius 2 is 1.52 bits per heavy atom. The molecule has 0 heterocycles. The smallest absolute Gasteiger partial charge is 0.245 e. The first-order valence-corrected chi connectivity index (χ1v) is 11.4. The number of nitrogens with zero attached hydrogens (tertiary/aromatic N) is 1. The Labute approximate surface area is 181 Å². The molecule has 0 aliphatic rings. The van der Waals surface area contributed by atoms with E-state index in [1.807, 2.05) is 42.5 Å². The van der Waals surface area contributed by atoms with Gasteiger partial charge < -0.3 is 10.6 Å². The first-order valence-electron chi connectivity index (χ1n) is 9.54. The minimum atomic E-state index is -3.76. The van der Waals surface area contributed by atoms with Crippen molar-refractivity contribution < 1.29 is 18.0 Å². The number of hydrogen-bond acceptors (Lipinski definition) is 5. The summed E-state index contributed by atoms with van der Waals surface area (Å²) in [6.45, 7) is 0.965. The first-order chi connectivity index (χ1) is 14.7. The predicted octanol–water partition coefficient (Wildman–Crippen LogP) is 4.04. The van der Waals surface area contributed by atoms with Gasteiger partial charge in [0.15, 0.2) is 5.78 Å². The molecule has 0 aromatic heterocycles. The van der Waals surface area contributed by atoms with Gasteiger partial charge in [-0.2, -0.15) is 0 Å². The van der Waals surface area contributed by atoms with Gasteiger partial charge in [0, 0.05) is 11.3 Å². The largest absolute Gasteiger partial charge is 0.354 e. The van der Waals surface area contributed by atoms with Crippen LogP contribution in [0.25, 0.3) is 0 Å². The minimum absolute atomic E-state index is 0.194. The predicted molar refractivity (Wildman–Crippen MR) is 123 cm³/mol. The van der Waals surface area contributed by atoms with Gasteiger partial charge in [-0.15, -0.1) is 0 Å². The van der Waals surface area contributed by atoms with Crippen molar-refractivity contribution in [2.24, 2.45) is 0 Å². The molecule has 0 aliphatic carbocycles. The third-order valence-electron chi connectivity index (χ3n) is 4.48. The van der Waals surface area contributed by atoms with E-state index in [0.717, 1.165) is 16.2 Å². The number of benzene rings is 3. The second kappa shape index (κ2) is 9.44. The number of nitrogens with one attached hydrogen (secondary N) is 2. The van der Waals surface area contributed by atoms with Crippen LogP contribution in [-0.4, -0.2) is 32.9 Å². The van der Waals surface area contributed by atoms with Crippen molar-refractivity contribution >= 4 is 44.5 Å². The van der Waals surface area contributed by atoms with Gasteiger partial charge >= 0.3 is 0 Å². The average molecular weight is 438 g/mol. The van der Waals surface area contributed by atoms with Crippen molar-refractivity contribution in [3.8, 4) is 0 Å². The maximum absolute atomic E-state index is 12.8. The lowest BCUT2D eigenvalue weighted by molar-refractivity contribution is -0.114. The molecule has 0 bridgehead atoms. The van der Waals surface area contributed by atoms with Gasteiger partial charge in [0.05, 0.1) is 23.3 Å². The lowest BCUT2D eigenvalue weighted by atomic mass is 10.1. The topological polar surface area (TPSA) is 95.6 Å². The Morgan fingerprint density at radius 3 is 2.16 bits per heavy atom. The van der Waals surface area contributed by atoms with Crippen LogP contribution in [0.3, 0.4) is 0 Å². The summed E-state index contributed by atoms with van der Waals surface area (Å²) >= 11 is 0. The highest BCUT2D eigenvalue weighted by Crippen LogP contribution is 2.26. The van der Waals surface area contributed by atoms with E-state index >= 15 is 0 Å². The molecule has 0 unspecified atom stereocenters. The lowest BCUT2D eigenvalue weighted by Gasteiger charge is -2.22. The van der Waals surface area contributed by atoms with Crippen LogP contribution in [0, 0.1) is 0 Å². The molecule has 8 heteroatoms. The molecule has 7 nitrogen and oxygen atoms in total. The average Bonchev–Trinajstić information content (AvgIpc) is 2.73. The molecule has 0 spiro atoms. The molecule has 0 radical (unpaired) electrons. The van der Waals surface area contributed by atoms with Crippen LogP contribution in [0.4, 0.5) is 22.7 Å². The zero-order valence-corrected chi connectivity index (χ0v) is 18.0. The molecule has 0 atom stereocenters. The Morgan fingerprint density at radius 1 is 0.871 bits per heavy atom. The van der Waals surface area contributed by atoms with Crippen LogP contribution >= 0.6 is 0 Å². The highest BCUT2D eigenvalue weighted by Gasteiger charge is 2.22. The molecule has 160 valence electrons. The van der Waals surface area contributed by atoms with Crippen molar-refractivity contribution in [2.45, 2.75) is 6.92 Å². The second-order valence-electron chi connectivity index (χ2n) is 6.96. The summed E-state index contributed by atoms with van der Waals surface area (Å²) in [6, 6.07) is 22.8. The number of rotatable bonds is 8. The molecule has 31 heavy (non-hydrogen) atoms. The Bertz CT molecular complexity index is 1190. The zero-order valence-electron chi connectivity index (χ0n) is 17.2. The lowest BCUT2D eigenvalue weighted by Crippen LogP contribution is -2.37. The summed E-state index contributed by atoms with van der Waals surface area (Å²) in [7, 11) is -3.76. The first kappa shape index (κ1) is 22.0. The number of anilines is 4. The Hall–Kier alpha value is -3.65. The van der Waals surface area contributed by atoms with Gasteiger partial charge in [-0.05, 0) is 43.3 Å². The van der Waals surface area contributed by atoms with Crippen molar-refractivity contribution in [3.63, 3.8) is 0 Å². The number of Topliss-reactive ketones (excluding diaryl/α,β-unsaturated/α-hetero) is 1. The highest BCUT2D eigenvalue weighted by molar-refractivity contribution is 7.92. The van der Waals surface area contributed by atoms with E-state index in [-0.39, 0.29) is 11.5 Å². The van der Waals surface area contributed by atoms with Crippen molar-refractivity contribution in [3.05, 3.63) is 84.4 Å². The van der Waals surface area contributed by atoms with Crippen molar-refractivity contribution in [2.75, 3.05) is 27.7 Å². The Balaban J connectivity index is 1.81. The molecule has 0 saturated carbocycles. The number of amides is 1. The second-order valence-corrected chi connectivity index (χ2v) is 8.87. The number of para-hydroxylation sites is 3. The summed E-state index contributed by atoms with van der Waals surface area (Å²) in [5.41, 5.74) is 2.65. The van der Waals surface area contributed by atoms with E-state index in [4.69, 9.17) is 0 Å². The fourth-order valence-corrected chi connectivity index (χ4v) is 3.83. The normalized spacial score (nSPS) is 10.9.